The third kappa shape index (κ3) is 1.08. The van der Waals surface area contributed by atoms with Crippen LogP contribution in [0.5, 0.6) is 0 Å². The maximum Gasteiger partial charge on any atom is 0.201 e. The summed E-state index contributed by atoms with van der Waals surface area (Å²) >= 11 is 0. The van der Waals surface area contributed by atoms with Gasteiger partial charge in [0, 0.05) is 6.07 Å². The number of hydrogen-bond acceptors (Lipinski definition) is 4. The van der Waals surface area contributed by atoms with Crippen molar-refractivity contribution in [2.24, 2.45) is 0 Å². The van der Waals surface area contributed by atoms with Crippen LogP contribution in [0.2, 0.25) is 0 Å². The lowest BCUT2D eigenvalue weighted by atomic mass is 10.3. The lowest BCUT2D eigenvalue weighted by molar-refractivity contribution is 0.629. The molecule has 1 aromatic carbocycles. The summed E-state index contributed by atoms with van der Waals surface area (Å²) in [6.07, 6.45) is 0. The average molecular weight is 203 g/mol. The Morgan fingerprint density at radius 1 is 1.33 bits per heavy atom. The summed E-state index contributed by atoms with van der Waals surface area (Å²) in [6, 6.07) is 4.34. The number of halogens is 1. The van der Waals surface area contributed by atoms with Crippen molar-refractivity contribution in [2.75, 3.05) is 0 Å². The van der Waals surface area contributed by atoms with Gasteiger partial charge in [0.15, 0.2) is 0 Å². The van der Waals surface area contributed by atoms with Crippen LogP contribution in [-0.2, 0) is 0 Å². The molecule has 74 valence electrons. The van der Waals surface area contributed by atoms with Crippen molar-refractivity contribution in [1.82, 2.24) is 25.0 Å². The summed E-state index contributed by atoms with van der Waals surface area (Å²) in [5.41, 5.74) is 2.52. The number of tetrazole rings is 1. The van der Waals surface area contributed by atoms with Crippen LogP contribution in [0.15, 0.2) is 18.2 Å². The van der Waals surface area contributed by atoms with E-state index in [2.05, 4.69) is 20.5 Å². The van der Waals surface area contributed by atoms with E-state index in [0.29, 0.717) is 22.4 Å². The monoisotopic (exact) mass is 203 g/mol. The highest BCUT2D eigenvalue weighted by molar-refractivity contribution is 5.77. The number of nitrogens with zero attached hydrogens (tertiary/aromatic N) is 5. The van der Waals surface area contributed by atoms with E-state index in [0.717, 1.165) is 0 Å². The molecule has 0 spiro atoms. The lowest BCUT2D eigenvalue weighted by Crippen LogP contribution is -1.97. The van der Waals surface area contributed by atoms with E-state index in [1.165, 1.54) is 12.1 Å². The van der Waals surface area contributed by atoms with Crippen molar-refractivity contribution in [3.05, 3.63) is 29.7 Å². The van der Waals surface area contributed by atoms with Gasteiger partial charge in [-0.05, 0) is 29.5 Å². The van der Waals surface area contributed by atoms with Gasteiger partial charge in [-0.25, -0.2) is 9.37 Å². The third-order valence-corrected chi connectivity index (χ3v) is 2.25. The third-order valence-electron chi connectivity index (χ3n) is 2.25. The van der Waals surface area contributed by atoms with Crippen molar-refractivity contribution in [3.8, 4) is 0 Å². The second-order valence-electron chi connectivity index (χ2n) is 3.24. The van der Waals surface area contributed by atoms with E-state index in [1.54, 1.807) is 17.5 Å². The molecule has 0 atom stereocenters. The second-order valence-corrected chi connectivity index (χ2v) is 3.24. The van der Waals surface area contributed by atoms with Crippen LogP contribution in [-0.4, -0.2) is 25.0 Å². The topological polar surface area (TPSA) is 56.0 Å². The Morgan fingerprint density at radius 2 is 2.20 bits per heavy atom. The zero-order chi connectivity index (χ0) is 10.4. The van der Waals surface area contributed by atoms with Crippen molar-refractivity contribution in [1.29, 1.82) is 0 Å². The summed E-state index contributed by atoms with van der Waals surface area (Å²) in [5, 5.41) is 11.2. The first-order chi connectivity index (χ1) is 7.25. The Kier molecular flexibility index (Phi) is 1.47. The van der Waals surface area contributed by atoms with Crippen LogP contribution < -0.4 is 0 Å². The second kappa shape index (κ2) is 2.69. The minimum atomic E-state index is -0.318. The van der Waals surface area contributed by atoms with Crippen LogP contribution >= 0.6 is 0 Å². The molecule has 5 nitrogen and oxygen atoms in total. The van der Waals surface area contributed by atoms with E-state index in [-0.39, 0.29) is 5.82 Å². The highest BCUT2D eigenvalue weighted by Crippen LogP contribution is 2.15. The Bertz CT molecular complexity index is 660. The minimum Gasteiger partial charge on any atom is -0.247 e. The van der Waals surface area contributed by atoms with Gasteiger partial charge < -0.3 is 0 Å². The number of fused-ring (bicyclic) bond motifs is 3. The molecule has 0 aliphatic carbocycles. The predicted molar refractivity (Wildman–Crippen MR) is 50.8 cm³/mol. The van der Waals surface area contributed by atoms with Gasteiger partial charge in [0.25, 0.3) is 0 Å². The predicted octanol–water partition coefficient (Wildman–Crippen LogP) is 1.12. The van der Waals surface area contributed by atoms with Crippen LogP contribution in [0.1, 0.15) is 5.69 Å². The maximum atomic E-state index is 13.0. The smallest absolute Gasteiger partial charge is 0.201 e. The number of aromatic nitrogens is 5. The summed E-state index contributed by atoms with van der Waals surface area (Å²) in [4.78, 5) is 4.23. The largest absolute Gasteiger partial charge is 0.247 e. The summed E-state index contributed by atoms with van der Waals surface area (Å²) in [6.45, 7) is 1.79. The van der Waals surface area contributed by atoms with Gasteiger partial charge in [0.1, 0.15) is 5.82 Å². The highest BCUT2D eigenvalue weighted by atomic mass is 19.1. The molecule has 0 saturated carbocycles. The molecular weight excluding hydrogens is 197 g/mol. The molecule has 0 fully saturated rings. The van der Waals surface area contributed by atoms with Crippen molar-refractivity contribution in [2.45, 2.75) is 6.92 Å². The summed E-state index contributed by atoms with van der Waals surface area (Å²) < 4.78 is 14.5. The molecule has 15 heavy (non-hydrogen) atoms. The van der Waals surface area contributed by atoms with Gasteiger partial charge >= 0.3 is 0 Å². The standard InChI is InChI=1S/C9H6FN5/c1-5-9-12-13-14-15(9)8-3-2-6(10)4-7(8)11-5/h2-4H,1H3. The molecule has 6 heteroatoms. The fraction of sp³-hybridized carbons (Fsp3) is 0.111. The van der Waals surface area contributed by atoms with E-state index < -0.39 is 0 Å². The maximum absolute atomic E-state index is 13.0. The molecule has 0 saturated heterocycles. The zero-order valence-electron chi connectivity index (χ0n) is 7.85. The molecular formula is C9H6FN5. The van der Waals surface area contributed by atoms with Crippen LogP contribution in [0, 0.1) is 12.7 Å². The Balaban J connectivity index is 2.60. The van der Waals surface area contributed by atoms with Gasteiger partial charge in [-0.1, -0.05) is 0 Å². The van der Waals surface area contributed by atoms with Gasteiger partial charge in [-0.2, -0.15) is 4.52 Å². The number of rotatable bonds is 0. The van der Waals surface area contributed by atoms with Crippen LogP contribution in [0.25, 0.3) is 16.7 Å². The van der Waals surface area contributed by atoms with E-state index in [4.69, 9.17) is 0 Å². The molecule has 2 heterocycles. The molecule has 0 amide bonds. The molecule has 0 radical (unpaired) electrons. The van der Waals surface area contributed by atoms with Crippen LogP contribution in [0.4, 0.5) is 4.39 Å². The number of aryl methyl sites for hydroxylation is 1. The minimum absolute atomic E-state index is 0.318. The first kappa shape index (κ1) is 8.22. The normalized spacial score (nSPS) is 11.3. The van der Waals surface area contributed by atoms with Crippen molar-refractivity contribution >= 4 is 16.7 Å². The first-order valence-electron chi connectivity index (χ1n) is 4.40. The average Bonchev–Trinajstić information content (AvgIpc) is 2.66. The molecule has 3 rings (SSSR count). The number of benzene rings is 1. The zero-order valence-corrected chi connectivity index (χ0v) is 7.85. The Morgan fingerprint density at radius 3 is 3.07 bits per heavy atom. The fourth-order valence-electron chi connectivity index (χ4n) is 1.57. The lowest BCUT2D eigenvalue weighted by Gasteiger charge is -2.01. The summed E-state index contributed by atoms with van der Waals surface area (Å²) in [5.74, 6) is -0.318. The molecule has 2 aromatic heterocycles. The van der Waals surface area contributed by atoms with E-state index in [9.17, 15) is 4.39 Å². The molecule has 0 aliphatic rings. The molecule has 3 aromatic rings. The van der Waals surface area contributed by atoms with E-state index in [1.807, 2.05) is 0 Å². The van der Waals surface area contributed by atoms with Gasteiger partial charge in [-0.3, -0.25) is 0 Å². The Hall–Kier alpha value is -2.11. The number of hydrogen-bond donors (Lipinski definition) is 0. The van der Waals surface area contributed by atoms with Crippen molar-refractivity contribution < 1.29 is 4.39 Å². The molecule has 0 aliphatic heterocycles. The SMILES string of the molecule is Cc1nc2cc(F)ccc2n2nnnc12. The van der Waals surface area contributed by atoms with Crippen molar-refractivity contribution in [3.63, 3.8) is 0 Å². The fourth-order valence-corrected chi connectivity index (χ4v) is 1.57. The summed E-state index contributed by atoms with van der Waals surface area (Å²) in [7, 11) is 0. The molecule has 0 bridgehead atoms. The molecule has 0 unspecified atom stereocenters. The highest BCUT2D eigenvalue weighted by Gasteiger charge is 2.08. The van der Waals surface area contributed by atoms with Gasteiger partial charge in [0.05, 0.1) is 16.7 Å². The van der Waals surface area contributed by atoms with Gasteiger partial charge in [0.2, 0.25) is 5.65 Å². The van der Waals surface area contributed by atoms with Crippen LogP contribution in [0.3, 0.4) is 0 Å². The first-order valence-corrected chi connectivity index (χ1v) is 4.40. The van der Waals surface area contributed by atoms with Gasteiger partial charge in [-0.15, -0.1) is 5.10 Å². The Labute approximate surface area is 83.5 Å². The molecule has 0 N–H and O–H groups in total. The quantitative estimate of drug-likeness (QED) is 0.549. The van der Waals surface area contributed by atoms with E-state index >= 15 is 0 Å².